The van der Waals surface area contributed by atoms with Crippen molar-refractivity contribution in [1.82, 2.24) is 0 Å². The summed E-state index contributed by atoms with van der Waals surface area (Å²) in [6.45, 7) is 5.75. The second-order valence-electron chi connectivity index (χ2n) is 6.80. The van der Waals surface area contributed by atoms with Gasteiger partial charge in [-0.05, 0) is 61.7 Å². The molecule has 0 aromatic heterocycles. The van der Waals surface area contributed by atoms with Gasteiger partial charge >= 0.3 is 0 Å². The third kappa shape index (κ3) is 4.23. The molecule has 0 spiro atoms. The summed E-state index contributed by atoms with van der Waals surface area (Å²) in [5.74, 6) is -0.668. The maximum atomic E-state index is 12.7. The number of carbonyl (C=O) groups is 3. The summed E-state index contributed by atoms with van der Waals surface area (Å²) < 4.78 is 0. The highest BCUT2D eigenvalue weighted by molar-refractivity contribution is 8.01. The van der Waals surface area contributed by atoms with Crippen LogP contribution in [0.2, 0.25) is 5.02 Å². The Balaban J connectivity index is 1.63. The zero-order valence-corrected chi connectivity index (χ0v) is 17.5. The first-order chi connectivity index (χ1) is 13.3. The van der Waals surface area contributed by atoms with Crippen LogP contribution in [-0.2, 0) is 14.4 Å². The molecule has 1 unspecified atom stereocenters. The van der Waals surface area contributed by atoms with Crippen LogP contribution < -0.4 is 10.2 Å². The first-order valence-corrected chi connectivity index (χ1v) is 10.3. The minimum absolute atomic E-state index is 0.0798. The van der Waals surface area contributed by atoms with Crippen LogP contribution in [0.15, 0.2) is 36.4 Å². The number of rotatable bonds is 5. The van der Waals surface area contributed by atoms with Gasteiger partial charge in [0.05, 0.1) is 16.7 Å². The molecule has 5 nitrogen and oxygen atoms in total. The summed E-state index contributed by atoms with van der Waals surface area (Å²) in [6, 6.07) is 10.8. The van der Waals surface area contributed by atoms with Gasteiger partial charge in [-0.25, -0.2) is 4.90 Å². The molecule has 1 N–H and O–H groups in total. The van der Waals surface area contributed by atoms with E-state index in [9.17, 15) is 14.4 Å². The second kappa shape index (κ2) is 8.37. The average molecular weight is 417 g/mol. The highest BCUT2D eigenvalue weighted by atomic mass is 35.5. The molecule has 1 aliphatic rings. The predicted molar refractivity (Wildman–Crippen MR) is 114 cm³/mol. The number of hydrogen-bond donors (Lipinski definition) is 1. The van der Waals surface area contributed by atoms with Crippen molar-refractivity contribution in [3.05, 3.63) is 58.1 Å². The molecule has 1 heterocycles. The lowest BCUT2D eigenvalue weighted by atomic mass is 10.1. The number of carbonyl (C=O) groups excluding carboxylic acids is 3. The maximum Gasteiger partial charge on any atom is 0.247 e. The highest BCUT2D eigenvalue weighted by Crippen LogP contribution is 2.31. The van der Waals surface area contributed by atoms with Crippen LogP contribution in [0, 0.1) is 20.8 Å². The van der Waals surface area contributed by atoms with Gasteiger partial charge in [-0.1, -0.05) is 23.7 Å². The van der Waals surface area contributed by atoms with Gasteiger partial charge in [0, 0.05) is 17.1 Å². The Kier molecular flexibility index (Phi) is 6.10. The number of amides is 3. The summed E-state index contributed by atoms with van der Waals surface area (Å²) in [5.41, 5.74) is 4.13. The van der Waals surface area contributed by atoms with Crippen molar-refractivity contribution in [2.75, 3.05) is 16.0 Å². The van der Waals surface area contributed by atoms with E-state index in [1.54, 1.807) is 24.3 Å². The summed E-state index contributed by atoms with van der Waals surface area (Å²) in [7, 11) is 0. The van der Waals surface area contributed by atoms with Crippen molar-refractivity contribution < 1.29 is 14.4 Å². The van der Waals surface area contributed by atoms with Gasteiger partial charge in [0.2, 0.25) is 17.7 Å². The van der Waals surface area contributed by atoms with Gasteiger partial charge in [-0.3, -0.25) is 14.4 Å². The van der Waals surface area contributed by atoms with Gasteiger partial charge in [0.15, 0.2) is 0 Å². The summed E-state index contributed by atoms with van der Waals surface area (Å²) >= 11 is 7.25. The van der Waals surface area contributed by atoms with Crippen molar-refractivity contribution >= 4 is 52.5 Å². The molecule has 3 amide bonds. The van der Waals surface area contributed by atoms with Crippen molar-refractivity contribution in [3.8, 4) is 0 Å². The standard InChI is InChI=1S/C21H21ClN2O3S/c1-12-7-8-15(9-13(12)2)24-20(26)10-18(21(24)27)28-11-19(25)23-17-6-4-5-16(22)14(17)3/h4-9,18H,10-11H2,1-3H3,(H,23,25). The second-order valence-corrected chi connectivity index (χ2v) is 8.40. The van der Waals surface area contributed by atoms with E-state index in [-0.39, 0.29) is 29.9 Å². The Morgan fingerprint density at radius 2 is 1.93 bits per heavy atom. The normalized spacial score (nSPS) is 16.6. The molecule has 3 rings (SSSR count). The Morgan fingerprint density at radius 1 is 1.18 bits per heavy atom. The van der Waals surface area contributed by atoms with E-state index in [2.05, 4.69) is 5.32 Å². The van der Waals surface area contributed by atoms with Gasteiger partial charge in [-0.2, -0.15) is 0 Å². The number of anilines is 2. The first-order valence-electron chi connectivity index (χ1n) is 8.88. The molecule has 7 heteroatoms. The van der Waals surface area contributed by atoms with Crippen molar-refractivity contribution in [2.24, 2.45) is 0 Å². The van der Waals surface area contributed by atoms with Crippen LogP contribution in [0.25, 0.3) is 0 Å². The number of nitrogens with one attached hydrogen (secondary N) is 1. The molecule has 0 bridgehead atoms. The van der Waals surface area contributed by atoms with Crippen LogP contribution in [0.4, 0.5) is 11.4 Å². The first kappa shape index (κ1) is 20.4. The smallest absolute Gasteiger partial charge is 0.247 e. The summed E-state index contributed by atoms with van der Waals surface area (Å²) in [5, 5.41) is 2.82. The molecule has 2 aromatic rings. The lowest BCUT2D eigenvalue weighted by Gasteiger charge is -2.16. The Labute approximate surface area is 173 Å². The van der Waals surface area contributed by atoms with Gasteiger partial charge < -0.3 is 5.32 Å². The van der Waals surface area contributed by atoms with E-state index in [1.807, 2.05) is 32.9 Å². The summed E-state index contributed by atoms with van der Waals surface area (Å²) in [6.07, 6.45) is 0.0971. The molecule has 0 radical (unpaired) electrons. The predicted octanol–water partition coefficient (Wildman–Crippen LogP) is 4.27. The van der Waals surface area contributed by atoms with E-state index in [0.717, 1.165) is 16.7 Å². The molecule has 1 saturated heterocycles. The highest BCUT2D eigenvalue weighted by Gasteiger charge is 2.40. The number of thioether (sulfide) groups is 1. The maximum absolute atomic E-state index is 12.7. The summed E-state index contributed by atoms with van der Waals surface area (Å²) in [4.78, 5) is 38.6. The fourth-order valence-corrected chi connectivity index (χ4v) is 4.08. The van der Waals surface area contributed by atoms with Crippen LogP contribution in [0.1, 0.15) is 23.1 Å². The van der Waals surface area contributed by atoms with Crippen LogP contribution in [-0.4, -0.2) is 28.7 Å². The third-order valence-electron chi connectivity index (χ3n) is 4.81. The van der Waals surface area contributed by atoms with E-state index in [4.69, 9.17) is 11.6 Å². The van der Waals surface area contributed by atoms with Crippen molar-refractivity contribution in [2.45, 2.75) is 32.4 Å². The Hall–Kier alpha value is -2.31. The molecule has 146 valence electrons. The Morgan fingerprint density at radius 3 is 2.64 bits per heavy atom. The van der Waals surface area contributed by atoms with Crippen molar-refractivity contribution in [3.63, 3.8) is 0 Å². The number of nitrogens with zero attached hydrogens (tertiary/aromatic N) is 1. The van der Waals surface area contributed by atoms with E-state index < -0.39 is 5.25 Å². The zero-order chi connectivity index (χ0) is 20.4. The van der Waals surface area contributed by atoms with Gasteiger partial charge in [-0.15, -0.1) is 11.8 Å². The number of aryl methyl sites for hydroxylation is 2. The van der Waals surface area contributed by atoms with Crippen LogP contribution >= 0.6 is 23.4 Å². The molecular formula is C21H21ClN2O3S. The molecule has 1 atom stereocenters. The van der Waals surface area contributed by atoms with E-state index in [0.29, 0.717) is 16.4 Å². The average Bonchev–Trinajstić information content (AvgIpc) is 2.93. The van der Waals surface area contributed by atoms with Gasteiger partial charge in [0.25, 0.3) is 0 Å². The van der Waals surface area contributed by atoms with E-state index >= 15 is 0 Å². The molecule has 2 aromatic carbocycles. The topological polar surface area (TPSA) is 66.5 Å². The molecule has 28 heavy (non-hydrogen) atoms. The largest absolute Gasteiger partial charge is 0.325 e. The number of hydrogen-bond acceptors (Lipinski definition) is 4. The molecule has 0 aliphatic carbocycles. The SMILES string of the molecule is Cc1ccc(N2C(=O)CC(SCC(=O)Nc3cccc(Cl)c3C)C2=O)cc1C. The number of imide groups is 1. The minimum Gasteiger partial charge on any atom is -0.325 e. The lowest BCUT2D eigenvalue weighted by Crippen LogP contribution is -2.31. The fraction of sp³-hybridized carbons (Fsp3) is 0.286. The molecule has 0 saturated carbocycles. The molecular weight excluding hydrogens is 396 g/mol. The van der Waals surface area contributed by atoms with Gasteiger partial charge in [0.1, 0.15) is 0 Å². The number of halogens is 1. The zero-order valence-electron chi connectivity index (χ0n) is 15.9. The van der Waals surface area contributed by atoms with Crippen molar-refractivity contribution in [1.29, 1.82) is 0 Å². The van der Waals surface area contributed by atoms with Crippen LogP contribution in [0.3, 0.4) is 0 Å². The quantitative estimate of drug-likeness (QED) is 0.739. The molecule has 1 aliphatic heterocycles. The fourth-order valence-electron chi connectivity index (χ4n) is 2.98. The van der Waals surface area contributed by atoms with Crippen LogP contribution in [0.5, 0.6) is 0 Å². The third-order valence-corrected chi connectivity index (χ3v) is 6.42. The monoisotopic (exact) mass is 416 g/mol. The lowest BCUT2D eigenvalue weighted by molar-refractivity contribution is -0.121. The van der Waals surface area contributed by atoms with E-state index in [1.165, 1.54) is 16.7 Å². The molecule has 1 fully saturated rings. The Bertz CT molecular complexity index is 961. The number of benzene rings is 2. The minimum atomic E-state index is -0.555.